The van der Waals surface area contributed by atoms with Crippen LogP contribution in [0.4, 0.5) is 5.69 Å². The van der Waals surface area contributed by atoms with Crippen LogP contribution >= 0.6 is 0 Å². The molecule has 1 aliphatic heterocycles. The van der Waals surface area contributed by atoms with E-state index in [0.717, 1.165) is 6.54 Å². The Morgan fingerprint density at radius 1 is 1.22 bits per heavy atom. The highest BCUT2D eigenvalue weighted by Gasteiger charge is 2.22. The molecule has 100 valence electrons. The van der Waals surface area contributed by atoms with Crippen LogP contribution in [0.15, 0.2) is 24.3 Å². The van der Waals surface area contributed by atoms with Crippen molar-refractivity contribution >= 4 is 5.69 Å². The predicted molar refractivity (Wildman–Crippen MR) is 79.3 cm³/mol. The van der Waals surface area contributed by atoms with Gasteiger partial charge in [-0.15, -0.1) is 0 Å². The van der Waals surface area contributed by atoms with Crippen molar-refractivity contribution in [1.82, 2.24) is 5.32 Å². The summed E-state index contributed by atoms with van der Waals surface area (Å²) in [6.45, 7) is 9.11. The van der Waals surface area contributed by atoms with Crippen LogP contribution in [0.3, 0.4) is 0 Å². The molecule has 0 radical (unpaired) electrons. The molecule has 1 unspecified atom stereocenters. The molecule has 1 aliphatic rings. The van der Waals surface area contributed by atoms with Crippen LogP contribution < -0.4 is 10.2 Å². The maximum Gasteiger partial charge on any atom is 0.0402 e. The monoisotopic (exact) mass is 246 g/mol. The SMILES string of the molecule is CCC(CC)NCC(C)N1CCc2ccccc21. The first-order chi connectivity index (χ1) is 8.76. The summed E-state index contributed by atoms with van der Waals surface area (Å²) in [5.74, 6) is 0. The average Bonchev–Trinajstić information content (AvgIpc) is 2.83. The second-order valence-corrected chi connectivity index (χ2v) is 5.34. The number of nitrogens with zero attached hydrogens (tertiary/aromatic N) is 1. The lowest BCUT2D eigenvalue weighted by Crippen LogP contribution is -2.42. The molecule has 0 saturated heterocycles. The van der Waals surface area contributed by atoms with Gasteiger partial charge in [0.1, 0.15) is 0 Å². The summed E-state index contributed by atoms with van der Waals surface area (Å²) in [5, 5.41) is 3.68. The number of fused-ring (bicyclic) bond motifs is 1. The molecule has 0 spiro atoms. The van der Waals surface area contributed by atoms with Gasteiger partial charge in [-0.3, -0.25) is 0 Å². The highest BCUT2D eigenvalue weighted by molar-refractivity contribution is 5.58. The molecular weight excluding hydrogens is 220 g/mol. The van der Waals surface area contributed by atoms with Gasteiger partial charge in [-0.1, -0.05) is 32.0 Å². The van der Waals surface area contributed by atoms with Crippen LogP contribution in [0.5, 0.6) is 0 Å². The topological polar surface area (TPSA) is 15.3 Å². The van der Waals surface area contributed by atoms with Crippen LogP contribution in [0.1, 0.15) is 39.2 Å². The third-order valence-corrected chi connectivity index (χ3v) is 4.14. The number of hydrogen-bond donors (Lipinski definition) is 1. The maximum absolute atomic E-state index is 3.68. The lowest BCUT2D eigenvalue weighted by atomic mass is 10.1. The van der Waals surface area contributed by atoms with Crippen molar-refractivity contribution in [2.24, 2.45) is 0 Å². The molecule has 2 rings (SSSR count). The predicted octanol–water partition coefficient (Wildman–Crippen LogP) is 3.22. The summed E-state index contributed by atoms with van der Waals surface area (Å²) in [5.41, 5.74) is 2.95. The average molecular weight is 246 g/mol. The molecule has 1 aromatic rings. The fourth-order valence-corrected chi connectivity index (χ4v) is 2.85. The van der Waals surface area contributed by atoms with Gasteiger partial charge in [0, 0.05) is 30.9 Å². The van der Waals surface area contributed by atoms with Crippen molar-refractivity contribution in [3.63, 3.8) is 0 Å². The van der Waals surface area contributed by atoms with Gasteiger partial charge in [-0.25, -0.2) is 0 Å². The van der Waals surface area contributed by atoms with E-state index in [2.05, 4.69) is 55.3 Å². The first kappa shape index (κ1) is 13.4. The quantitative estimate of drug-likeness (QED) is 0.829. The van der Waals surface area contributed by atoms with Gasteiger partial charge in [0.25, 0.3) is 0 Å². The molecule has 1 heterocycles. The summed E-state index contributed by atoms with van der Waals surface area (Å²) in [6.07, 6.45) is 3.64. The van der Waals surface area contributed by atoms with E-state index in [4.69, 9.17) is 0 Å². The Morgan fingerprint density at radius 2 is 1.94 bits per heavy atom. The van der Waals surface area contributed by atoms with E-state index in [0.29, 0.717) is 12.1 Å². The molecule has 18 heavy (non-hydrogen) atoms. The highest BCUT2D eigenvalue weighted by Crippen LogP contribution is 2.28. The van der Waals surface area contributed by atoms with E-state index in [9.17, 15) is 0 Å². The van der Waals surface area contributed by atoms with Gasteiger partial charge in [0.2, 0.25) is 0 Å². The molecule has 1 N–H and O–H groups in total. The van der Waals surface area contributed by atoms with Crippen molar-refractivity contribution in [2.45, 2.75) is 52.1 Å². The molecule has 1 atom stereocenters. The van der Waals surface area contributed by atoms with E-state index in [1.54, 1.807) is 0 Å². The fourth-order valence-electron chi connectivity index (χ4n) is 2.85. The Bertz CT molecular complexity index is 371. The minimum Gasteiger partial charge on any atom is -0.367 e. The number of benzene rings is 1. The lowest BCUT2D eigenvalue weighted by molar-refractivity contribution is 0.457. The molecule has 1 aromatic carbocycles. The van der Waals surface area contributed by atoms with E-state index < -0.39 is 0 Å². The standard InChI is InChI=1S/C16H26N2/c1-4-15(5-2)17-12-13(3)18-11-10-14-8-6-7-9-16(14)18/h6-9,13,15,17H,4-5,10-12H2,1-3H3. The summed E-state index contributed by atoms with van der Waals surface area (Å²) in [7, 11) is 0. The Morgan fingerprint density at radius 3 is 2.67 bits per heavy atom. The van der Waals surface area contributed by atoms with E-state index in [1.165, 1.54) is 37.1 Å². The first-order valence-corrected chi connectivity index (χ1v) is 7.34. The minimum atomic E-state index is 0.578. The van der Waals surface area contributed by atoms with Gasteiger partial charge in [-0.2, -0.15) is 0 Å². The number of anilines is 1. The van der Waals surface area contributed by atoms with Crippen molar-refractivity contribution in [1.29, 1.82) is 0 Å². The minimum absolute atomic E-state index is 0.578. The molecule has 0 aromatic heterocycles. The van der Waals surface area contributed by atoms with Gasteiger partial charge in [0.05, 0.1) is 0 Å². The first-order valence-electron chi connectivity index (χ1n) is 7.34. The van der Waals surface area contributed by atoms with Crippen molar-refractivity contribution in [2.75, 3.05) is 18.0 Å². The molecule has 0 fully saturated rings. The number of rotatable bonds is 6. The Labute approximate surface area is 111 Å². The summed E-state index contributed by atoms with van der Waals surface area (Å²) < 4.78 is 0. The Balaban J connectivity index is 1.93. The van der Waals surface area contributed by atoms with E-state index in [1.807, 2.05) is 0 Å². The molecular formula is C16H26N2. The number of nitrogens with one attached hydrogen (secondary N) is 1. The van der Waals surface area contributed by atoms with Crippen molar-refractivity contribution in [3.05, 3.63) is 29.8 Å². The van der Waals surface area contributed by atoms with Crippen LogP contribution in [-0.2, 0) is 6.42 Å². The summed E-state index contributed by atoms with van der Waals surface area (Å²) in [6, 6.07) is 10.1. The van der Waals surface area contributed by atoms with Gasteiger partial charge in [-0.05, 0) is 37.8 Å². The van der Waals surface area contributed by atoms with Crippen LogP contribution in [-0.4, -0.2) is 25.2 Å². The Hall–Kier alpha value is -1.02. The van der Waals surface area contributed by atoms with E-state index >= 15 is 0 Å². The zero-order valence-electron chi connectivity index (χ0n) is 11.9. The van der Waals surface area contributed by atoms with E-state index in [-0.39, 0.29) is 0 Å². The third kappa shape index (κ3) is 2.86. The second kappa shape index (κ2) is 6.24. The summed E-state index contributed by atoms with van der Waals surface area (Å²) in [4.78, 5) is 2.55. The fraction of sp³-hybridized carbons (Fsp3) is 0.625. The molecule has 0 bridgehead atoms. The van der Waals surface area contributed by atoms with Crippen molar-refractivity contribution in [3.8, 4) is 0 Å². The largest absolute Gasteiger partial charge is 0.367 e. The van der Waals surface area contributed by atoms with Gasteiger partial charge in [0.15, 0.2) is 0 Å². The van der Waals surface area contributed by atoms with Crippen LogP contribution in [0.2, 0.25) is 0 Å². The molecule has 2 nitrogen and oxygen atoms in total. The summed E-state index contributed by atoms with van der Waals surface area (Å²) >= 11 is 0. The lowest BCUT2D eigenvalue weighted by Gasteiger charge is -2.29. The molecule has 0 aliphatic carbocycles. The maximum atomic E-state index is 3.68. The molecule has 0 amide bonds. The van der Waals surface area contributed by atoms with Crippen LogP contribution in [0, 0.1) is 0 Å². The number of para-hydroxylation sites is 1. The Kier molecular flexibility index (Phi) is 4.65. The smallest absolute Gasteiger partial charge is 0.0402 e. The van der Waals surface area contributed by atoms with Crippen molar-refractivity contribution < 1.29 is 0 Å². The van der Waals surface area contributed by atoms with Gasteiger partial charge >= 0.3 is 0 Å². The highest BCUT2D eigenvalue weighted by atomic mass is 15.2. The third-order valence-electron chi connectivity index (χ3n) is 4.14. The second-order valence-electron chi connectivity index (χ2n) is 5.34. The number of hydrogen-bond acceptors (Lipinski definition) is 2. The molecule has 0 saturated carbocycles. The molecule has 2 heteroatoms. The van der Waals surface area contributed by atoms with Crippen LogP contribution in [0.25, 0.3) is 0 Å². The zero-order valence-corrected chi connectivity index (χ0v) is 11.9. The zero-order chi connectivity index (χ0) is 13.0. The normalized spacial score (nSPS) is 16.1. The van der Waals surface area contributed by atoms with Gasteiger partial charge < -0.3 is 10.2 Å².